The van der Waals surface area contributed by atoms with E-state index < -0.39 is 0 Å². The molecule has 1 nitrogen and oxygen atoms in total. The molecular formula is C22H38O. The second kappa shape index (κ2) is 5.48. The minimum Gasteiger partial charge on any atom is -0.396 e. The van der Waals surface area contributed by atoms with Gasteiger partial charge < -0.3 is 5.11 Å². The topological polar surface area (TPSA) is 20.2 Å². The minimum atomic E-state index is 0.429. The molecule has 0 bridgehead atoms. The fourth-order valence-electron chi connectivity index (χ4n) is 8.22. The van der Waals surface area contributed by atoms with Gasteiger partial charge in [-0.15, -0.1) is 0 Å². The van der Waals surface area contributed by atoms with Gasteiger partial charge in [-0.05, 0) is 104 Å². The molecule has 4 saturated carbocycles. The minimum absolute atomic E-state index is 0.429. The summed E-state index contributed by atoms with van der Waals surface area (Å²) in [5.74, 6) is 6.28. The van der Waals surface area contributed by atoms with Crippen LogP contribution in [-0.4, -0.2) is 11.7 Å². The van der Waals surface area contributed by atoms with Gasteiger partial charge in [0.25, 0.3) is 0 Å². The molecule has 0 unspecified atom stereocenters. The van der Waals surface area contributed by atoms with Gasteiger partial charge in [0.05, 0.1) is 0 Å². The first-order valence-corrected chi connectivity index (χ1v) is 10.5. The number of rotatable bonds is 1. The molecule has 0 aromatic carbocycles. The Labute approximate surface area is 143 Å². The monoisotopic (exact) mass is 318 g/mol. The molecule has 0 saturated heterocycles. The fourth-order valence-corrected chi connectivity index (χ4v) is 8.22. The summed E-state index contributed by atoms with van der Waals surface area (Å²) in [6.45, 7) is 10.6. The fraction of sp³-hybridized carbons (Fsp3) is 1.00. The lowest BCUT2D eigenvalue weighted by Gasteiger charge is -2.62. The van der Waals surface area contributed by atoms with E-state index in [4.69, 9.17) is 0 Å². The normalized spacial score (nSPS) is 59.1. The molecule has 9 atom stereocenters. The van der Waals surface area contributed by atoms with Crippen molar-refractivity contribution < 1.29 is 5.11 Å². The van der Waals surface area contributed by atoms with Crippen molar-refractivity contribution in [2.75, 3.05) is 6.61 Å². The maximum atomic E-state index is 9.87. The van der Waals surface area contributed by atoms with Crippen molar-refractivity contribution in [1.29, 1.82) is 0 Å². The summed E-state index contributed by atoms with van der Waals surface area (Å²) in [7, 11) is 0. The van der Waals surface area contributed by atoms with E-state index in [1.165, 1.54) is 51.4 Å². The van der Waals surface area contributed by atoms with Crippen LogP contribution in [0, 0.1) is 52.3 Å². The van der Waals surface area contributed by atoms with Crippen molar-refractivity contribution >= 4 is 0 Å². The summed E-state index contributed by atoms with van der Waals surface area (Å²) in [5.41, 5.74) is 1.07. The van der Waals surface area contributed by atoms with E-state index in [2.05, 4.69) is 27.7 Å². The molecule has 4 aliphatic carbocycles. The van der Waals surface area contributed by atoms with Gasteiger partial charge in [0.1, 0.15) is 0 Å². The van der Waals surface area contributed by atoms with Crippen LogP contribution in [0.15, 0.2) is 0 Å². The lowest BCUT2D eigenvalue weighted by Crippen LogP contribution is -2.54. The van der Waals surface area contributed by atoms with Gasteiger partial charge in [-0.3, -0.25) is 0 Å². The van der Waals surface area contributed by atoms with E-state index in [0.29, 0.717) is 23.4 Å². The number of fused-ring (bicyclic) bond motifs is 5. The van der Waals surface area contributed by atoms with Gasteiger partial charge in [-0.2, -0.15) is 0 Å². The molecule has 1 heteroatoms. The third-order valence-electron chi connectivity index (χ3n) is 9.87. The van der Waals surface area contributed by atoms with Crippen molar-refractivity contribution in [1.82, 2.24) is 0 Å². The average molecular weight is 319 g/mol. The highest BCUT2D eigenvalue weighted by molar-refractivity contribution is 5.09. The van der Waals surface area contributed by atoms with Crippen LogP contribution in [0.4, 0.5) is 0 Å². The highest BCUT2D eigenvalue weighted by Crippen LogP contribution is 2.68. The maximum absolute atomic E-state index is 9.87. The predicted octanol–water partition coefficient (Wildman–Crippen LogP) is 5.52. The Morgan fingerprint density at radius 3 is 2.35 bits per heavy atom. The molecule has 4 fully saturated rings. The van der Waals surface area contributed by atoms with Crippen LogP contribution in [0.2, 0.25) is 0 Å². The van der Waals surface area contributed by atoms with Gasteiger partial charge in [0, 0.05) is 6.61 Å². The Balaban J connectivity index is 1.62. The highest BCUT2D eigenvalue weighted by Gasteiger charge is 2.60. The molecule has 1 N–H and O–H groups in total. The Morgan fingerprint density at radius 1 is 0.870 bits per heavy atom. The smallest absolute Gasteiger partial charge is 0.0464 e. The molecule has 132 valence electrons. The lowest BCUT2D eigenvalue weighted by molar-refractivity contribution is -0.129. The first kappa shape index (κ1) is 16.4. The third kappa shape index (κ3) is 2.21. The van der Waals surface area contributed by atoms with Gasteiger partial charge in [-0.1, -0.05) is 27.7 Å². The molecular weight excluding hydrogens is 280 g/mol. The Bertz CT molecular complexity index is 459. The van der Waals surface area contributed by atoms with Gasteiger partial charge in [0.15, 0.2) is 0 Å². The Hall–Kier alpha value is -0.0400. The van der Waals surface area contributed by atoms with Crippen LogP contribution in [0.5, 0.6) is 0 Å². The number of aliphatic hydroxyl groups excluding tert-OH is 1. The van der Waals surface area contributed by atoms with Crippen LogP contribution in [-0.2, 0) is 0 Å². The van der Waals surface area contributed by atoms with E-state index in [-0.39, 0.29) is 0 Å². The van der Waals surface area contributed by atoms with Crippen molar-refractivity contribution in [2.45, 2.75) is 79.1 Å². The first-order valence-electron chi connectivity index (χ1n) is 10.5. The Morgan fingerprint density at radius 2 is 1.61 bits per heavy atom. The summed E-state index contributed by atoms with van der Waals surface area (Å²) in [6, 6.07) is 0. The maximum Gasteiger partial charge on any atom is 0.0464 e. The molecule has 23 heavy (non-hydrogen) atoms. The summed E-state index contributed by atoms with van der Waals surface area (Å²) in [5, 5.41) is 9.87. The van der Waals surface area contributed by atoms with Crippen LogP contribution in [0.25, 0.3) is 0 Å². The van der Waals surface area contributed by atoms with Crippen LogP contribution in [0.3, 0.4) is 0 Å². The molecule has 0 amide bonds. The summed E-state index contributed by atoms with van der Waals surface area (Å²) < 4.78 is 0. The van der Waals surface area contributed by atoms with Crippen LogP contribution in [0.1, 0.15) is 79.1 Å². The zero-order valence-electron chi connectivity index (χ0n) is 15.9. The summed E-state index contributed by atoms with van der Waals surface area (Å²) in [4.78, 5) is 0. The summed E-state index contributed by atoms with van der Waals surface area (Å²) in [6.07, 6.45) is 11.5. The molecule has 0 heterocycles. The first-order chi connectivity index (χ1) is 10.9. The molecule has 0 spiro atoms. The van der Waals surface area contributed by atoms with Crippen LogP contribution < -0.4 is 0 Å². The van der Waals surface area contributed by atoms with Crippen LogP contribution >= 0.6 is 0 Å². The Kier molecular flexibility index (Phi) is 3.91. The molecule has 4 aliphatic rings. The predicted molar refractivity (Wildman–Crippen MR) is 96.0 cm³/mol. The highest BCUT2D eigenvalue weighted by atomic mass is 16.3. The average Bonchev–Trinajstić information content (AvgIpc) is 2.85. The standard InChI is InChI=1S/C22H38O/c1-14-11-16-5-7-18-19-8-6-17(13-23)21(19,3)10-9-20(18)22(16,4)12-15(14)2/h14-20,23H,5-13H2,1-4H3/t14-,15-,16-,17+,18-,19-,20-,21+,22-/m0/s1. The van der Waals surface area contributed by atoms with Gasteiger partial charge >= 0.3 is 0 Å². The van der Waals surface area contributed by atoms with Crippen molar-refractivity contribution in [2.24, 2.45) is 52.3 Å². The van der Waals surface area contributed by atoms with Crippen molar-refractivity contribution in [3.8, 4) is 0 Å². The zero-order valence-corrected chi connectivity index (χ0v) is 15.9. The van der Waals surface area contributed by atoms with E-state index in [1.807, 2.05) is 0 Å². The van der Waals surface area contributed by atoms with E-state index >= 15 is 0 Å². The number of hydrogen-bond acceptors (Lipinski definition) is 1. The number of aliphatic hydroxyl groups is 1. The zero-order chi connectivity index (χ0) is 16.4. The van der Waals surface area contributed by atoms with E-state index in [9.17, 15) is 5.11 Å². The molecule has 0 radical (unpaired) electrons. The summed E-state index contributed by atoms with van der Waals surface area (Å²) >= 11 is 0. The lowest BCUT2D eigenvalue weighted by atomic mass is 9.43. The molecule has 4 rings (SSSR count). The van der Waals surface area contributed by atoms with Crippen molar-refractivity contribution in [3.05, 3.63) is 0 Å². The largest absolute Gasteiger partial charge is 0.396 e. The van der Waals surface area contributed by atoms with Gasteiger partial charge in [0.2, 0.25) is 0 Å². The van der Waals surface area contributed by atoms with E-state index in [0.717, 1.165) is 35.5 Å². The van der Waals surface area contributed by atoms with Gasteiger partial charge in [-0.25, -0.2) is 0 Å². The second-order valence-electron chi connectivity index (χ2n) is 10.6. The molecule has 0 aliphatic heterocycles. The number of hydrogen-bond donors (Lipinski definition) is 1. The SMILES string of the molecule is C[C@H]1C[C@@H]2CC[C@@H]3[C@H](CC[C@]4(C)[C@@H](CO)CC[C@@H]34)[C@@]2(C)C[C@@H]1C. The molecule has 0 aromatic rings. The van der Waals surface area contributed by atoms with E-state index in [1.54, 1.807) is 0 Å². The quantitative estimate of drug-likeness (QED) is 0.675. The second-order valence-corrected chi connectivity index (χ2v) is 10.6. The molecule has 0 aromatic heterocycles. The third-order valence-corrected chi connectivity index (χ3v) is 9.87. The van der Waals surface area contributed by atoms with Crippen molar-refractivity contribution in [3.63, 3.8) is 0 Å².